The predicted octanol–water partition coefficient (Wildman–Crippen LogP) is 3.45. The van der Waals surface area contributed by atoms with Gasteiger partial charge in [-0.3, -0.25) is 4.79 Å². The maximum atomic E-state index is 12.4. The smallest absolute Gasteiger partial charge is 0.277 e. The molecule has 27 heavy (non-hydrogen) atoms. The van der Waals surface area contributed by atoms with Crippen LogP contribution >= 0.6 is 11.8 Å². The van der Waals surface area contributed by atoms with Gasteiger partial charge in [0.1, 0.15) is 5.76 Å². The minimum atomic E-state index is -0.00377. The number of furan rings is 1. The highest BCUT2D eigenvalue weighted by atomic mass is 32.2. The van der Waals surface area contributed by atoms with Crippen LogP contribution in [0.25, 0.3) is 11.5 Å². The van der Waals surface area contributed by atoms with E-state index in [0.717, 1.165) is 16.8 Å². The van der Waals surface area contributed by atoms with Crippen LogP contribution in [0.1, 0.15) is 11.3 Å². The quantitative estimate of drug-likeness (QED) is 0.576. The Hall–Kier alpha value is -2.74. The molecule has 1 aromatic carbocycles. The first-order chi connectivity index (χ1) is 12.9. The summed E-state index contributed by atoms with van der Waals surface area (Å²) in [4.78, 5) is 16.1. The molecule has 7 nitrogen and oxygen atoms in total. The van der Waals surface area contributed by atoms with E-state index in [9.17, 15) is 4.79 Å². The lowest BCUT2D eigenvalue weighted by molar-refractivity contribution is -0.127. The van der Waals surface area contributed by atoms with Crippen LogP contribution in [-0.4, -0.2) is 47.9 Å². The van der Waals surface area contributed by atoms with E-state index in [2.05, 4.69) is 10.2 Å². The van der Waals surface area contributed by atoms with Gasteiger partial charge in [-0.15, -0.1) is 10.2 Å². The molecule has 0 unspecified atom stereocenters. The average molecular weight is 386 g/mol. The highest BCUT2D eigenvalue weighted by Gasteiger charge is 2.16. The first kappa shape index (κ1) is 19.0. The Morgan fingerprint density at radius 2 is 1.85 bits per heavy atom. The van der Waals surface area contributed by atoms with Gasteiger partial charge in [0, 0.05) is 33.4 Å². The van der Waals surface area contributed by atoms with Crippen LogP contribution in [0, 0.1) is 6.92 Å². The van der Waals surface area contributed by atoms with Crippen molar-refractivity contribution >= 4 is 23.4 Å². The molecule has 3 rings (SSSR count). The fourth-order valence-electron chi connectivity index (χ4n) is 2.48. The van der Waals surface area contributed by atoms with E-state index in [1.54, 1.807) is 24.3 Å². The summed E-state index contributed by atoms with van der Waals surface area (Å²) < 4.78 is 10.8. The Morgan fingerprint density at radius 1 is 1.11 bits per heavy atom. The first-order valence-corrected chi connectivity index (χ1v) is 9.43. The molecular weight excluding hydrogens is 364 g/mol. The van der Waals surface area contributed by atoms with Gasteiger partial charge in [0.25, 0.3) is 11.1 Å². The molecular formula is C19H22N4O3S. The number of carbonyl (C=O) groups excluding carboxylic acids is 1. The Morgan fingerprint density at radius 3 is 2.48 bits per heavy atom. The number of hydrogen-bond donors (Lipinski definition) is 0. The molecule has 0 fully saturated rings. The molecule has 2 aromatic heterocycles. The third-order valence-electron chi connectivity index (χ3n) is 4.11. The van der Waals surface area contributed by atoms with Crippen molar-refractivity contribution in [3.63, 3.8) is 0 Å². The highest BCUT2D eigenvalue weighted by Crippen LogP contribution is 2.26. The number of hydrogen-bond acceptors (Lipinski definition) is 7. The number of anilines is 1. The van der Waals surface area contributed by atoms with E-state index >= 15 is 0 Å². The van der Waals surface area contributed by atoms with Crippen molar-refractivity contribution in [2.45, 2.75) is 18.7 Å². The molecule has 142 valence electrons. The summed E-state index contributed by atoms with van der Waals surface area (Å²) >= 11 is 1.23. The van der Waals surface area contributed by atoms with Gasteiger partial charge in [-0.2, -0.15) is 0 Å². The van der Waals surface area contributed by atoms with E-state index in [-0.39, 0.29) is 11.7 Å². The maximum absolute atomic E-state index is 12.4. The molecule has 0 N–H and O–H groups in total. The molecule has 2 heterocycles. The van der Waals surface area contributed by atoms with E-state index in [1.807, 2.05) is 50.2 Å². The monoisotopic (exact) mass is 386 g/mol. The minimum absolute atomic E-state index is 0.00377. The Bertz CT molecular complexity index is 902. The van der Waals surface area contributed by atoms with Crippen molar-refractivity contribution < 1.29 is 13.6 Å². The van der Waals surface area contributed by atoms with E-state index in [1.165, 1.54) is 11.8 Å². The van der Waals surface area contributed by atoms with Gasteiger partial charge in [-0.05, 0) is 30.7 Å². The van der Waals surface area contributed by atoms with Crippen molar-refractivity contribution in [3.8, 4) is 11.5 Å². The lowest BCUT2D eigenvalue weighted by atomic mass is 10.2. The zero-order chi connectivity index (χ0) is 19.4. The normalized spacial score (nSPS) is 10.8. The van der Waals surface area contributed by atoms with Crippen LogP contribution in [0.3, 0.4) is 0 Å². The van der Waals surface area contributed by atoms with Crippen LogP contribution in [0.15, 0.2) is 50.7 Å². The maximum Gasteiger partial charge on any atom is 0.277 e. The zero-order valence-electron chi connectivity index (χ0n) is 15.8. The van der Waals surface area contributed by atoms with Gasteiger partial charge in [-0.25, -0.2) is 0 Å². The van der Waals surface area contributed by atoms with Crippen molar-refractivity contribution in [3.05, 3.63) is 47.9 Å². The Balaban J connectivity index is 1.53. The molecule has 0 saturated heterocycles. The molecule has 0 saturated carbocycles. The molecule has 8 heteroatoms. The summed E-state index contributed by atoms with van der Waals surface area (Å²) in [5, 5.41) is 8.35. The van der Waals surface area contributed by atoms with Gasteiger partial charge in [0.15, 0.2) is 0 Å². The van der Waals surface area contributed by atoms with E-state index in [4.69, 9.17) is 8.83 Å². The molecule has 0 bridgehead atoms. The fourth-order valence-corrected chi connectivity index (χ4v) is 3.18. The number of amides is 1. The number of nitrogens with zero attached hydrogens (tertiary/aromatic N) is 4. The minimum Gasteiger partial charge on any atom is -0.469 e. The highest BCUT2D eigenvalue weighted by molar-refractivity contribution is 7.99. The molecule has 0 aliphatic rings. The SMILES string of the molecule is Cc1occc1-c1nnc(SCC(=O)N(C)Cc2ccc(N(C)C)cc2)o1. The fraction of sp³-hybridized carbons (Fsp3) is 0.316. The average Bonchev–Trinajstić information content (AvgIpc) is 3.28. The third kappa shape index (κ3) is 4.71. The number of carbonyl (C=O) groups is 1. The van der Waals surface area contributed by atoms with Crippen molar-refractivity contribution in [2.24, 2.45) is 0 Å². The second-order valence-corrected chi connectivity index (χ2v) is 7.29. The van der Waals surface area contributed by atoms with Gasteiger partial charge in [0.05, 0.1) is 17.6 Å². The van der Waals surface area contributed by atoms with Gasteiger partial charge < -0.3 is 18.6 Å². The number of rotatable bonds is 7. The van der Waals surface area contributed by atoms with Crippen LogP contribution in [0.4, 0.5) is 5.69 Å². The summed E-state index contributed by atoms with van der Waals surface area (Å²) in [6, 6.07) is 9.92. The summed E-state index contributed by atoms with van der Waals surface area (Å²) in [5.74, 6) is 1.34. The summed E-state index contributed by atoms with van der Waals surface area (Å²) in [6.45, 7) is 2.38. The van der Waals surface area contributed by atoms with Crippen LogP contribution in [0.2, 0.25) is 0 Å². The van der Waals surface area contributed by atoms with Crippen LogP contribution in [0.5, 0.6) is 0 Å². The molecule has 0 radical (unpaired) electrons. The molecule has 0 aliphatic heterocycles. The van der Waals surface area contributed by atoms with Gasteiger partial charge >= 0.3 is 0 Å². The lowest BCUT2D eigenvalue weighted by Crippen LogP contribution is -2.27. The van der Waals surface area contributed by atoms with Gasteiger partial charge in [-0.1, -0.05) is 23.9 Å². The number of aromatic nitrogens is 2. The number of aryl methyl sites for hydroxylation is 1. The number of thioether (sulfide) groups is 1. The zero-order valence-corrected chi connectivity index (χ0v) is 16.6. The number of benzene rings is 1. The second kappa shape index (κ2) is 8.30. The predicted molar refractivity (Wildman–Crippen MR) is 105 cm³/mol. The Labute approximate surface area is 162 Å². The first-order valence-electron chi connectivity index (χ1n) is 8.45. The lowest BCUT2D eigenvalue weighted by Gasteiger charge is -2.18. The summed E-state index contributed by atoms with van der Waals surface area (Å²) in [6.07, 6.45) is 1.57. The molecule has 0 spiro atoms. The van der Waals surface area contributed by atoms with Crippen LogP contribution < -0.4 is 4.90 Å². The third-order valence-corrected chi connectivity index (χ3v) is 4.92. The molecule has 0 atom stereocenters. The van der Waals surface area contributed by atoms with Gasteiger partial charge in [0.2, 0.25) is 5.91 Å². The standard InChI is InChI=1S/C19H22N4O3S/c1-13-16(9-10-25-13)18-20-21-19(26-18)27-12-17(24)23(4)11-14-5-7-15(8-6-14)22(2)3/h5-10H,11-12H2,1-4H3. The second-order valence-electron chi connectivity index (χ2n) is 6.36. The molecule has 1 amide bonds. The van der Waals surface area contributed by atoms with Crippen molar-refractivity contribution in [1.29, 1.82) is 0 Å². The van der Waals surface area contributed by atoms with E-state index in [0.29, 0.717) is 23.4 Å². The summed E-state index contributed by atoms with van der Waals surface area (Å²) in [7, 11) is 5.79. The van der Waals surface area contributed by atoms with Crippen molar-refractivity contribution in [2.75, 3.05) is 31.8 Å². The molecule has 3 aromatic rings. The Kier molecular flexibility index (Phi) is 5.85. The van der Waals surface area contributed by atoms with E-state index < -0.39 is 0 Å². The van der Waals surface area contributed by atoms with Crippen molar-refractivity contribution in [1.82, 2.24) is 15.1 Å². The largest absolute Gasteiger partial charge is 0.469 e. The molecule has 0 aliphatic carbocycles. The van der Waals surface area contributed by atoms with Crippen LogP contribution in [-0.2, 0) is 11.3 Å². The topological polar surface area (TPSA) is 75.6 Å². The summed E-state index contributed by atoms with van der Waals surface area (Å²) in [5.41, 5.74) is 2.97.